The van der Waals surface area contributed by atoms with Gasteiger partial charge in [-0.1, -0.05) is 23.7 Å². The van der Waals surface area contributed by atoms with Crippen molar-refractivity contribution in [2.24, 2.45) is 0 Å². The Labute approximate surface area is 191 Å². The summed E-state index contributed by atoms with van der Waals surface area (Å²) in [5.74, 6) is 1.21. The monoisotopic (exact) mass is 444 g/mol. The topological polar surface area (TPSA) is 79.9 Å². The normalized spacial score (nSPS) is 11.7. The van der Waals surface area contributed by atoms with Gasteiger partial charge in [-0.15, -0.1) is 0 Å². The summed E-state index contributed by atoms with van der Waals surface area (Å²) in [6, 6.07) is 21.6. The largest absolute Gasteiger partial charge is 0.497 e. The third-order valence-electron chi connectivity index (χ3n) is 5.23. The van der Waals surface area contributed by atoms with Crippen LogP contribution < -0.4 is 10.1 Å². The average Bonchev–Trinajstić information content (AvgIpc) is 3.16. The van der Waals surface area contributed by atoms with Gasteiger partial charge in [0.2, 0.25) is 0 Å². The van der Waals surface area contributed by atoms with Crippen molar-refractivity contribution in [2.45, 2.75) is 19.5 Å². The molecule has 1 heterocycles. The third-order valence-corrected chi connectivity index (χ3v) is 5.46. The molecule has 0 spiro atoms. The van der Waals surface area contributed by atoms with E-state index in [4.69, 9.17) is 26.6 Å². The summed E-state index contributed by atoms with van der Waals surface area (Å²) in [5.41, 5.74) is 3.72. The van der Waals surface area contributed by atoms with Crippen LogP contribution in [-0.2, 0) is 6.54 Å². The number of benzene rings is 3. The molecule has 0 saturated carbocycles. The van der Waals surface area contributed by atoms with Gasteiger partial charge < -0.3 is 14.6 Å². The Hall–Kier alpha value is -3.82. The predicted octanol–water partition coefficient (Wildman–Crippen LogP) is 5.11. The summed E-state index contributed by atoms with van der Waals surface area (Å²) < 4.78 is 7.47. The van der Waals surface area contributed by atoms with Gasteiger partial charge in [0.25, 0.3) is 5.91 Å². The number of fused-ring (bicyclic) bond motifs is 1. The Morgan fingerprint density at radius 1 is 1.19 bits per heavy atom. The van der Waals surface area contributed by atoms with Crippen LogP contribution in [0, 0.1) is 11.3 Å². The fourth-order valence-electron chi connectivity index (χ4n) is 3.60. The van der Waals surface area contributed by atoms with Gasteiger partial charge in [0.1, 0.15) is 11.6 Å². The lowest BCUT2D eigenvalue weighted by molar-refractivity contribution is 0.0937. The maximum Gasteiger partial charge on any atom is 0.251 e. The van der Waals surface area contributed by atoms with E-state index in [-0.39, 0.29) is 11.9 Å². The second-order valence-electron chi connectivity index (χ2n) is 7.43. The van der Waals surface area contributed by atoms with Crippen molar-refractivity contribution in [3.05, 3.63) is 94.3 Å². The number of hydrogen-bond donors (Lipinski definition) is 1. The SMILES string of the molecule is COc1ccc2nc(C(C)NC(=O)c3ccc(C#N)cc3)n(Cc3cccc(Cl)c3)c2c1. The lowest BCUT2D eigenvalue weighted by Gasteiger charge is -2.17. The van der Waals surface area contributed by atoms with Crippen molar-refractivity contribution in [3.8, 4) is 11.8 Å². The summed E-state index contributed by atoms with van der Waals surface area (Å²) in [7, 11) is 1.63. The lowest BCUT2D eigenvalue weighted by Crippen LogP contribution is -2.28. The number of nitrogens with one attached hydrogen (secondary N) is 1. The molecular weight excluding hydrogens is 424 g/mol. The molecule has 1 amide bonds. The molecule has 0 radical (unpaired) electrons. The number of aromatic nitrogens is 2. The first-order valence-electron chi connectivity index (χ1n) is 10.1. The second-order valence-corrected chi connectivity index (χ2v) is 7.86. The first-order valence-corrected chi connectivity index (χ1v) is 10.5. The van der Waals surface area contributed by atoms with Crippen LogP contribution in [0.2, 0.25) is 5.02 Å². The van der Waals surface area contributed by atoms with Gasteiger partial charge >= 0.3 is 0 Å². The molecule has 0 aliphatic carbocycles. The van der Waals surface area contributed by atoms with Crippen molar-refractivity contribution >= 4 is 28.5 Å². The van der Waals surface area contributed by atoms with Crippen LogP contribution >= 0.6 is 11.6 Å². The molecule has 0 aliphatic rings. The van der Waals surface area contributed by atoms with E-state index >= 15 is 0 Å². The van der Waals surface area contributed by atoms with E-state index in [1.807, 2.05) is 49.4 Å². The zero-order valence-electron chi connectivity index (χ0n) is 17.7. The van der Waals surface area contributed by atoms with E-state index in [0.717, 1.165) is 28.2 Å². The van der Waals surface area contributed by atoms with Crippen LogP contribution in [0.15, 0.2) is 66.7 Å². The van der Waals surface area contributed by atoms with Crippen LogP contribution in [0.3, 0.4) is 0 Å². The van der Waals surface area contributed by atoms with Crippen molar-refractivity contribution in [2.75, 3.05) is 7.11 Å². The molecule has 0 bridgehead atoms. The predicted molar refractivity (Wildman–Crippen MR) is 124 cm³/mol. The molecule has 1 unspecified atom stereocenters. The van der Waals surface area contributed by atoms with E-state index in [2.05, 4.69) is 16.0 Å². The van der Waals surface area contributed by atoms with Gasteiger partial charge in [-0.2, -0.15) is 5.26 Å². The van der Waals surface area contributed by atoms with E-state index in [9.17, 15) is 4.79 Å². The zero-order valence-corrected chi connectivity index (χ0v) is 18.4. The number of imidazole rings is 1. The van der Waals surface area contributed by atoms with Gasteiger partial charge in [0.05, 0.1) is 35.8 Å². The van der Waals surface area contributed by atoms with Crippen molar-refractivity contribution in [1.29, 1.82) is 5.26 Å². The molecule has 1 N–H and O–H groups in total. The smallest absolute Gasteiger partial charge is 0.251 e. The first-order chi connectivity index (χ1) is 15.5. The highest BCUT2D eigenvalue weighted by Gasteiger charge is 2.20. The van der Waals surface area contributed by atoms with Crippen LogP contribution in [-0.4, -0.2) is 22.6 Å². The quantitative estimate of drug-likeness (QED) is 0.448. The molecule has 4 aromatic rings. The third kappa shape index (κ3) is 4.43. The maximum atomic E-state index is 12.8. The number of ether oxygens (including phenoxy) is 1. The highest BCUT2D eigenvalue weighted by Crippen LogP contribution is 2.26. The fourth-order valence-corrected chi connectivity index (χ4v) is 3.82. The van der Waals surface area contributed by atoms with Crippen LogP contribution in [0.4, 0.5) is 0 Å². The Balaban J connectivity index is 1.69. The molecular formula is C25H21ClN4O2. The molecule has 32 heavy (non-hydrogen) atoms. The minimum atomic E-state index is -0.365. The van der Waals surface area contributed by atoms with Crippen LogP contribution in [0.1, 0.15) is 40.3 Å². The Kier molecular flexibility index (Phi) is 6.11. The van der Waals surface area contributed by atoms with Gasteiger partial charge in [0, 0.05) is 23.2 Å². The summed E-state index contributed by atoms with van der Waals surface area (Å²) in [6.45, 7) is 2.44. The van der Waals surface area contributed by atoms with E-state index in [0.29, 0.717) is 22.7 Å². The maximum absolute atomic E-state index is 12.8. The van der Waals surface area contributed by atoms with Gasteiger partial charge in [-0.25, -0.2) is 4.98 Å². The summed E-state index contributed by atoms with van der Waals surface area (Å²) >= 11 is 6.19. The first kappa shape index (κ1) is 21.4. The average molecular weight is 445 g/mol. The van der Waals surface area contributed by atoms with Gasteiger partial charge in [0.15, 0.2) is 0 Å². The molecule has 0 fully saturated rings. The molecule has 6 nitrogen and oxygen atoms in total. The lowest BCUT2D eigenvalue weighted by atomic mass is 10.1. The van der Waals surface area contributed by atoms with Crippen molar-refractivity contribution in [3.63, 3.8) is 0 Å². The second kappa shape index (κ2) is 9.13. The minimum absolute atomic E-state index is 0.235. The fraction of sp³-hybridized carbons (Fsp3) is 0.160. The Morgan fingerprint density at radius 2 is 1.97 bits per heavy atom. The van der Waals surface area contributed by atoms with E-state index < -0.39 is 0 Å². The number of hydrogen-bond acceptors (Lipinski definition) is 4. The van der Waals surface area contributed by atoms with E-state index in [1.54, 1.807) is 31.4 Å². The Bertz CT molecular complexity index is 1320. The molecule has 0 aliphatic heterocycles. The standard InChI is InChI=1S/C25H21ClN4O2/c1-16(28-25(31)19-8-6-17(14-27)7-9-19)24-29-22-11-10-21(32-2)13-23(22)30(24)15-18-4-3-5-20(26)12-18/h3-13,16H,15H2,1-2H3,(H,28,31). The van der Waals surface area contributed by atoms with Crippen molar-refractivity contribution < 1.29 is 9.53 Å². The molecule has 3 aromatic carbocycles. The minimum Gasteiger partial charge on any atom is -0.497 e. The Morgan fingerprint density at radius 3 is 2.66 bits per heavy atom. The number of amides is 1. The molecule has 7 heteroatoms. The number of nitriles is 1. The van der Waals surface area contributed by atoms with Crippen molar-refractivity contribution in [1.82, 2.24) is 14.9 Å². The number of rotatable bonds is 6. The molecule has 0 saturated heterocycles. The molecule has 160 valence electrons. The number of carbonyl (C=O) groups excluding carboxylic acids is 1. The summed E-state index contributed by atoms with van der Waals surface area (Å²) in [5, 5.41) is 12.6. The highest BCUT2D eigenvalue weighted by atomic mass is 35.5. The van der Waals surface area contributed by atoms with Gasteiger partial charge in [-0.3, -0.25) is 4.79 Å². The number of nitrogens with zero attached hydrogens (tertiary/aromatic N) is 3. The van der Waals surface area contributed by atoms with Gasteiger partial charge in [-0.05, 0) is 61.0 Å². The molecule has 1 atom stereocenters. The molecule has 1 aromatic heterocycles. The highest BCUT2D eigenvalue weighted by molar-refractivity contribution is 6.30. The summed E-state index contributed by atoms with van der Waals surface area (Å²) in [4.78, 5) is 17.6. The van der Waals surface area contributed by atoms with E-state index in [1.165, 1.54) is 0 Å². The zero-order chi connectivity index (χ0) is 22.7. The molecule has 4 rings (SSSR count). The number of carbonyl (C=O) groups is 1. The van der Waals surface area contributed by atoms with Crippen LogP contribution in [0.25, 0.3) is 11.0 Å². The number of methoxy groups -OCH3 is 1. The number of halogens is 1. The van der Waals surface area contributed by atoms with Crippen LogP contribution in [0.5, 0.6) is 5.75 Å². The summed E-state index contributed by atoms with van der Waals surface area (Å²) in [6.07, 6.45) is 0.